The van der Waals surface area contributed by atoms with Crippen molar-refractivity contribution in [1.82, 2.24) is 15.2 Å². The lowest BCUT2D eigenvalue weighted by Gasteiger charge is -2.22. The molecule has 0 fully saturated rings. The maximum Gasteiger partial charge on any atom is 0.270 e. The van der Waals surface area contributed by atoms with Gasteiger partial charge in [0, 0.05) is 25.0 Å². The van der Waals surface area contributed by atoms with Gasteiger partial charge in [0.05, 0.1) is 20.8 Å². The van der Waals surface area contributed by atoms with Gasteiger partial charge in [0.15, 0.2) is 23.0 Å². The lowest BCUT2D eigenvalue weighted by molar-refractivity contribution is 0.0949. The third-order valence-electron chi connectivity index (χ3n) is 6.69. The number of hydrogen-bond acceptors (Lipinski definition) is 8. The highest BCUT2D eigenvalue weighted by Crippen LogP contribution is 2.33. The molecule has 3 aromatic carbocycles. The fourth-order valence-corrected chi connectivity index (χ4v) is 5.48. The van der Waals surface area contributed by atoms with E-state index in [2.05, 4.69) is 15.2 Å². The zero-order valence-corrected chi connectivity index (χ0v) is 23.8. The van der Waals surface area contributed by atoms with Crippen molar-refractivity contribution < 1.29 is 28.1 Å². The Morgan fingerprint density at radius 1 is 0.927 bits per heavy atom. The summed E-state index contributed by atoms with van der Waals surface area (Å²) in [7, 11) is 3.20. The van der Waals surface area contributed by atoms with Gasteiger partial charge in [-0.05, 0) is 52.9 Å². The van der Waals surface area contributed by atoms with E-state index in [9.17, 15) is 9.18 Å². The third-order valence-corrected chi connectivity index (χ3v) is 7.52. The summed E-state index contributed by atoms with van der Waals surface area (Å²) < 4.78 is 34.9. The van der Waals surface area contributed by atoms with E-state index in [1.165, 1.54) is 11.3 Å². The number of fused-ring (bicyclic) bond motifs is 1. The van der Waals surface area contributed by atoms with Crippen LogP contribution >= 0.6 is 11.3 Å². The zero-order valence-electron chi connectivity index (χ0n) is 23.0. The van der Waals surface area contributed by atoms with E-state index in [1.807, 2.05) is 54.6 Å². The molecule has 0 unspecified atom stereocenters. The van der Waals surface area contributed by atoms with Crippen LogP contribution in [-0.4, -0.2) is 43.3 Å². The first-order valence-electron chi connectivity index (χ1n) is 13.2. The van der Waals surface area contributed by atoms with Crippen molar-refractivity contribution in [2.75, 3.05) is 27.6 Å². The molecule has 0 saturated carbocycles. The van der Waals surface area contributed by atoms with Gasteiger partial charge in [-0.25, -0.2) is 9.37 Å². The van der Waals surface area contributed by atoms with Crippen molar-refractivity contribution in [1.29, 1.82) is 0 Å². The molecule has 1 N–H and O–H groups in total. The van der Waals surface area contributed by atoms with E-state index in [0.717, 1.165) is 33.2 Å². The minimum atomic E-state index is -0.507. The highest BCUT2D eigenvalue weighted by atomic mass is 32.1. The number of thiazole rings is 1. The second kappa shape index (κ2) is 13.5. The number of amides is 1. The van der Waals surface area contributed by atoms with Crippen LogP contribution in [0.25, 0.3) is 0 Å². The second-order valence-corrected chi connectivity index (χ2v) is 10.6. The molecule has 0 spiro atoms. The molecule has 41 heavy (non-hydrogen) atoms. The lowest BCUT2D eigenvalue weighted by atomic mass is 10.1. The number of benzene rings is 3. The van der Waals surface area contributed by atoms with Crippen molar-refractivity contribution in [3.63, 3.8) is 0 Å². The Labute approximate surface area is 242 Å². The van der Waals surface area contributed by atoms with Crippen LogP contribution in [0.3, 0.4) is 0 Å². The van der Waals surface area contributed by atoms with Gasteiger partial charge in [0.1, 0.15) is 17.4 Å². The Kier molecular flexibility index (Phi) is 9.33. The number of carbonyl (C=O) groups excluding carboxylic acids is 1. The molecular formula is C31H32FN3O5S. The smallest absolute Gasteiger partial charge is 0.270 e. The van der Waals surface area contributed by atoms with Crippen molar-refractivity contribution in [2.24, 2.45) is 0 Å². The molecule has 5 rings (SSSR count). The molecule has 2 heterocycles. The van der Waals surface area contributed by atoms with Gasteiger partial charge in [-0.15, -0.1) is 11.3 Å². The number of nitrogens with one attached hydrogen (secondary N) is 1. The largest absolute Gasteiger partial charge is 0.493 e. The van der Waals surface area contributed by atoms with E-state index in [1.54, 1.807) is 25.7 Å². The van der Waals surface area contributed by atoms with Crippen LogP contribution in [0.5, 0.6) is 23.0 Å². The molecule has 1 aliphatic heterocycles. The Morgan fingerprint density at radius 3 is 2.49 bits per heavy atom. The molecule has 1 aliphatic rings. The summed E-state index contributed by atoms with van der Waals surface area (Å²) in [6, 6.07) is 19.1. The number of aromatic nitrogens is 1. The van der Waals surface area contributed by atoms with Gasteiger partial charge in [-0.1, -0.05) is 36.4 Å². The first kappa shape index (κ1) is 28.4. The number of hydrogen-bond donors (Lipinski definition) is 1. The van der Waals surface area contributed by atoms with Crippen LogP contribution in [0, 0.1) is 0 Å². The third kappa shape index (κ3) is 7.33. The van der Waals surface area contributed by atoms with Gasteiger partial charge in [-0.2, -0.15) is 0 Å². The van der Waals surface area contributed by atoms with Gasteiger partial charge < -0.3 is 24.3 Å². The number of methoxy groups -OCH3 is 2. The number of ether oxygens (including phenoxy) is 4. The second-order valence-electron chi connectivity index (χ2n) is 9.61. The van der Waals surface area contributed by atoms with Crippen LogP contribution in [-0.2, 0) is 32.7 Å². The summed E-state index contributed by atoms with van der Waals surface area (Å²) in [6.45, 7) is 1.90. The Balaban J connectivity index is 1.23. The monoisotopic (exact) mass is 577 g/mol. The summed E-state index contributed by atoms with van der Waals surface area (Å²) in [5.74, 6) is 2.56. The molecule has 0 aliphatic carbocycles. The van der Waals surface area contributed by atoms with E-state index in [0.29, 0.717) is 55.4 Å². The molecular weight excluding hydrogens is 545 g/mol. The van der Waals surface area contributed by atoms with Crippen molar-refractivity contribution in [3.8, 4) is 23.0 Å². The molecule has 0 atom stereocenters. The number of nitrogens with zero attached hydrogens (tertiary/aromatic N) is 2. The maximum atomic E-state index is 13.3. The summed E-state index contributed by atoms with van der Waals surface area (Å²) in [4.78, 5) is 19.7. The zero-order chi connectivity index (χ0) is 28.6. The van der Waals surface area contributed by atoms with Gasteiger partial charge in [0.2, 0.25) is 6.79 Å². The van der Waals surface area contributed by atoms with Crippen LogP contribution < -0.4 is 24.3 Å². The topological polar surface area (TPSA) is 82.2 Å². The van der Waals surface area contributed by atoms with Gasteiger partial charge >= 0.3 is 0 Å². The molecule has 8 nitrogen and oxygen atoms in total. The predicted molar refractivity (Wildman–Crippen MR) is 154 cm³/mol. The van der Waals surface area contributed by atoms with Crippen molar-refractivity contribution in [2.45, 2.75) is 32.7 Å². The average molecular weight is 578 g/mol. The molecule has 1 aromatic heterocycles. The molecule has 0 radical (unpaired) electrons. The minimum absolute atomic E-state index is 0.217. The van der Waals surface area contributed by atoms with E-state index in [-0.39, 0.29) is 12.7 Å². The van der Waals surface area contributed by atoms with E-state index < -0.39 is 6.67 Å². The molecule has 1 amide bonds. The maximum absolute atomic E-state index is 13.3. The van der Waals surface area contributed by atoms with Crippen molar-refractivity contribution in [3.05, 3.63) is 99.0 Å². The van der Waals surface area contributed by atoms with Gasteiger partial charge in [0.25, 0.3) is 5.91 Å². The highest BCUT2D eigenvalue weighted by molar-refractivity contribution is 7.09. The Bertz CT molecular complexity index is 1490. The standard InChI is InChI=1S/C31H32FN3O5S/c1-37-26-8-6-21(13-28(26)38-2)10-11-33-31(36)25-19-41-30(34-25)18-35(16-23-5-3-4-22(12-23)15-32)17-24-7-9-27-29(14-24)40-20-39-27/h3-9,12-14,19H,10-11,15-18,20H2,1-2H3,(H,33,36). The molecule has 0 saturated heterocycles. The minimum Gasteiger partial charge on any atom is -0.493 e. The van der Waals surface area contributed by atoms with E-state index >= 15 is 0 Å². The quantitative estimate of drug-likeness (QED) is 0.224. The first-order valence-corrected chi connectivity index (χ1v) is 14.1. The number of alkyl halides is 1. The number of rotatable bonds is 13. The molecule has 0 bridgehead atoms. The number of halogens is 1. The highest BCUT2D eigenvalue weighted by Gasteiger charge is 2.18. The lowest BCUT2D eigenvalue weighted by Crippen LogP contribution is -2.26. The van der Waals surface area contributed by atoms with Crippen LogP contribution in [0.4, 0.5) is 4.39 Å². The Morgan fingerprint density at radius 2 is 1.68 bits per heavy atom. The SMILES string of the molecule is COc1ccc(CCNC(=O)c2csc(CN(Cc3cccc(CF)c3)Cc3ccc4c(c3)OCO4)n2)cc1OC. The molecule has 4 aromatic rings. The first-order chi connectivity index (χ1) is 20.0. The fourth-order valence-electron chi connectivity index (χ4n) is 4.66. The van der Waals surface area contributed by atoms with E-state index in [4.69, 9.17) is 18.9 Å². The predicted octanol–water partition coefficient (Wildman–Crippen LogP) is 5.53. The average Bonchev–Trinajstić information content (AvgIpc) is 3.66. The summed E-state index contributed by atoms with van der Waals surface area (Å²) in [5.41, 5.74) is 4.12. The normalized spacial score (nSPS) is 12.0. The van der Waals surface area contributed by atoms with Crippen LogP contribution in [0.1, 0.15) is 37.7 Å². The molecule has 10 heteroatoms. The van der Waals surface area contributed by atoms with Crippen LogP contribution in [0.2, 0.25) is 0 Å². The summed E-state index contributed by atoms with van der Waals surface area (Å²) >= 11 is 1.45. The van der Waals surface area contributed by atoms with Gasteiger partial charge in [-0.3, -0.25) is 9.69 Å². The fraction of sp³-hybridized carbons (Fsp3) is 0.290. The molecule has 214 valence electrons. The summed E-state index contributed by atoms with van der Waals surface area (Å²) in [5, 5.41) is 5.55. The van der Waals surface area contributed by atoms with Crippen LogP contribution in [0.15, 0.2) is 66.0 Å². The summed E-state index contributed by atoms with van der Waals surface area (Å²) in [6.07, 6.45) is 0.643. The Hall–Kier alpha value is -4.15. The number of carbonyl (C=O) groups is 1. The van der Waals surface area contributed by atoms with Crippen molar-refractivity contribution >= 4 is 17.2 Å².